The van der Waals surface area contributed by atoms with E-state index >= 15 is 0 Å². The molecule has 0 unspecified atom stereocenters. The maximum Gasteiger partial charge on any atom is 0 e. The van der Waals surface area contributed by atoms with E-state index in [2.05, 4.69) is 146 Å². The molecule has 0 spiro atoms. The Labute approximate surface area is 297 Å². The Balaban J connectivity index is -0.000000334. The predicted octanol–water partition coefficient (Wildman–Crippen LogP) is 12.1. The molecule has 0 fully saturated rings. The third-order valence-electron chi connectivity index (χ3n) is 4.25. The summed E-state index contributed by atoms with van der Waals surface area (Å²) >= 11 is 4.24. The molecular weight excluding hydrogens is 764 g/mol. The molecule has 44 heavy (non-hydrogen) atoms. The maximum atomic E-state index is 2.27. The van der Waals surface area contributed by atoms with Crippen LogP contribution in [0.4, 0.5) is 0 Å². The van der Waals surface area contributed by atoms with Gasteiger partial charge in [-0.05, 0) is 115 Å². The van der Waals surface area contributed by atoms with Gasteiger partial charge < -0.3 is 14.7 Å². The van der Waals surface area contributed by atoms with E-state index in [4.69, 9.17) is 0 Å². The third kappa shape index (κ3) is 29.0. The first-order chi connectivity index (χ1) is 21.1. The first-order valence-corrected chi connectivity index (χ1v) is 21.7. The number of hydrogen-bond donors (Lipinski definition) is 0. The molecule has 0 aliphatic heterocycles. The van der Waals surface area contributed by atoms with Crippen molar-refractivity contribution in [2.75, 3.05) is 63.4 Å². The third-order valence-corrected chi connectivity index (χ3v) is 4.25. The molecule has 0 bridgehead atoms. The zero-order chi connectivity index (χ0) is 34.9. The van der Waals surface area contributed by atoms with Gasteiger partial charge in [-0.3, -0.25) is 0 Å². The van der Waals surface area contributed by atoms with Gasteiger partial charge in [-0.2, -0.15) is 0 Å². The molecule has 0 amide bonds. The van der Waals surface area contributed by atoms with Crippen LogP contribution < -0.4 is 0 Å². The van der Waals surface area contributed by atoms with E-state index < -0.39 is 0 Å². The summed E-state index contributed by atoms with van der Waals surface area (Å²) in [6, 6.07) is 38.5. The van der Waals surface area contributed by atoms with E-state index in [0.29, 0.717) is 0 Å². The highest BCUT2D eigenvalue weighted by molar-refractivity contribution is 15.0. The summed E-state index contributed by atoms with van der Waals surface area (Å²) in [7, 11) is 18.0. The van der Waals surface area contributed by atoms with Crippen LogP contribution in [-0.4, -0.2) is 78.1 Å². The molecule has 0 saturated heterocycles. The Morgan fingerprint density at radius 3 is 0.568 bits per heavy atom. The quantitative estimate of drug-likeness (QED) is 0.191. The Hall–Kier alpha value is -1.78. The van der Waals surface area contributed by atoms with Gasteiger partial charge in [0.1, 0.15) is 0 Å². The largest absolute Gasteiger partial charge is 0.312 e. The maximum absolute atomic E-state index is 2.27. The van der Waals surface area contributed by atoms with E-state index in [9.17, 15) is 0 Å². The van der Waals surface area contributed by atoms with Gasteiger partial charge in [0.25, 0.3) is 0 Å². The lowest BCUT2D eigenvalue weighted by molar-refractivity contribution is 0.505. The second kappa shape index (κ2) is 35.7. The van der Waals surface area contributed by atoms with Crippen molar-refractivity contribution in [2.45, 2.75) is 41.5 Å². The molecule has 0 N–H and O–H groups in total. The number of halogens is 2. The molecule has 248 valence electrons. The van der Waals surface area contributed by atoms with Crippen LogP contribution in [-0.2, 0) is 0 Å². The molecule has 4 aromatic carbocycles. The molecule has 0 aromatic heterocycles. The highest BCUT2D eigenvalue weighted by Gasteiger charge is 2.06. The molecule has 3 nitrogen and oxygen atoms in total. The van der Waals surface area contributed by atoms with Crippen molar-refractivity contribution in [3.8, 4) is 33.4 Å². The number of rotatable bonds is 3. The van der Waals surface area contributed by atoms with Crippen molar-refractivity contribution in [3.05, 3.63) is 109 Å². The zero-order valence-corrected chi connectivity index (χ0v) is 34.8. The molecule has 5 heteroatoms. The van der Waals surface area contributed by atoms with Crippen molar-refractivity contribution in [2.24, 2.45) is 0 Å². The molecular formula is C39H63I2N3. The second-order valence-electron chi connectivity index (χ2n) is 9.92. The van der Waals surface area contributed by atoms with Gasteiger partial charge in [0.15, 0.2) is 0 Å². The second-order valence-corrected chi connectivity index (χ2v) is 9.92. The van der Waals surface area contributed by atoms with E-state index in [1.165, 1.54) is 33.4 Å². The van der Waals surface area contributed by atoms with E-state index in [0.717, 1.165) is 0 Å². The Bertz CT molecular complexity index is 924. The monoisotopic (exact) mass is 827 g/mol. The van der Waals surface area contributed by atoms with Crippen LogP contribution in [0.2, 0.25) is 0 Å². The fourth-order valence-electron chi connectivity index (χ4n) is 3.02. The number of benzene rings is 4. The van der Waals surface area contributed by atoms with Crippen molar-refractivity contribution >= 4 is 37.2 Å². The summed E-state index contributed by atoms with van der Waals surface area (Å²) in [5.74, 6) is 0. The Morgan fingerprint density at radius 1 is 0.295 bits per heavy atom. The predicted molar refractivity (Wildman–Crippen MR) is 224 cm³/mol. The van der Waals surface area contributed by atoms with Crippen molar-refractivity contribution < 1.29 is 0 Å². The lowest BCUT2D eigenvalue weighted by atomic mass is 9.93. The topological polar surface area (TPSA) is 9.72 Å². The number of hydrogen-bond acceptors (Lipinski definition) is 3. The summed E-state index contributed by atoms with van der Waals surface area (Å²) in [6.07, 6.45) is 0. The van der Waals surface area contributed by atoms with Crippen molar-refractivity contribution in [3.63, 3.8) is 0 Å². The fourth-order valence-corrected chi connectivity index (χ4v) is 3.02. The van der Waals surface area contributed by atoms with Gasteiger partial charge in [0.05, 0.1) is 0 Å². The smallest absolute Gasteiger partial charge is 0 e. The summed E-state index contributed by atoms with van der Waals surface area (Å²) in [5.41, 5.74) is 7.47. The van der Waals surface area contributed by atoms with Gasteiger partial charge >= 0.3 is 0 Å². The molecule has 0 aliphatic carbocycles. The van der Waals surface area contributed by atoms with Crippen LogP contribution in [0.25, 0.3) is 33.4 Å². The minimum atomic E-state index is 1.24. The van der Waals surface area contributed by atoms with Gasteiger partial charge in [0, 0.05) is 37.2 Å². The first-order valence-electron chi connectivity index (χ1n) is 15.4. The molecule has 0 saturated carbocycles. The van der Waals surface area contributed by atoms with Crippen LogP contribution >= 0.6 is 37.2 Å². The minimum absolute atomic E-state index is 1.24. The van der Waals surface area contributed by atoms with Crippen molar-refractivity contribution in [1.29, 1.82) is 0 Å². The van der Waals surface area contributed by atoms with Gasteiger partial charge in [-0.25, -0.2) is 0 Å². The lowest BCUT2D eigenvalue weighted by Crippen LogP contribution is -1.99. The summed E-state index contributed by atoms with van der Waals surface area (Å²) in [4.78, 5) is 6.00. The standard InChI is InChI=1S/C24H18.3C3H9N.3C2H6.I2/c1-4-10-19(11-5-1)22-16-23(20-12-6-2-7-13-20)18-24(17-22)21-14-8-3-9-15-21;3*1-4(2)3;4*1-2/h1-18H;3*1-3H3;3*1-2H3;. The molecule has 4 aromatic rings. The average Bonchev–Trinajstić information content (AvgIpc) is 3.05. The van der Waals surface area contributed by atoms with Gasteiger partial charge in [0.2, 0.25) is 0 Å². The normalized spacial score (nSPS) is 8.73. The Morgan fingerprint density at radius 2 is 0.432 bits per heavy atom. The highest BCUT2D eigenvalue weighted by Crippen LogP contribution is 2.32. The van der Waals surface area contributed by atoms with Gasteiger partial charge in [-0.15, -0.1) is 0 Å². The van der Waals surface area contributed by atoms with E-state index in [1.807, 2.05) is 120 Å². The molecule has 0 aliphatic rings. The van der Waals surface area contributed by atoms with Crippen LogP contribution in [0.15, 0.2) is 109 Å². The summed E-state index contributed by atoms with van der Waals surface area (Å²) < 4.78 is 0. The van der Waals surface area contributed by atoms with Crippen molar-refractivity contribution in [1.82, 2.24) is 14.7 Å². The molecule has 0 radical (unpaired) electrons. The highest BCUT2D eigenvalue weighted by atomic mass is 128. The minimum Gasteiger partial charge on any atom is -0.312 e. The van der Waals surface area contributed by atoms with Gasteiger partial charge in [-0.1, -0.05) is 133 Å². The number of nitrogens with zero attached hydrogens (tertiary/aromatic N) is 3. The van der Waals surface area contributed by atoms with Crippen LogP contribution in [0.1, 0.15) is 41.5 Å². The van der Waals surface area contributed by atoms with E-state index in [1.54, 1.807) is 0 Å². The SMILES string of the molecule is CC.CC.CC.CN(C)C.CN(C)C.CN(C)C.II.c1ccc(-c2cc(-c3ccccc3)cc(-c3ccccc3)c2)cc1. The molecule has 0 heterocycles. The lowest BCUT2D eigenvalue weighted by Gasteiger charge is -2.11. The van der Waals surface area contributed by atoms with Crippen LogP contribution in [0, 0.1) is 0 Å². The van der Waals surface area contributed by atoms with E-state index in [-0.39, 0.29) is 0 Å². The van der Waals surface area contributed by atoms with Crippen LogP contribution in [0.5, 0.6) is 0 Å². The first kappa shape index (κ1) is 49.1. The average molecular weight is 828 g/mol. The fraction of sp³-hybridized carbons (Fsp3) is 0.385. The summed E-state index contributed by atoms with van der Waals surface area (Å²) in [5, 5.41) is 0. The molecule has 0 atom stereocenters. The Kier molecular flexibility index (Phi) is 39.8. The summed E-state index contributed by atoms with van der Waals surface area (Å²) in [6.45, 7) is 12.0. The molecule has 4 rings (SSSR count). The zero-order valence-electron chi connectivity index (χ0n) is 30.5. The van der Waals surface area contributed by atoms with Crippen LogP contribution in [0.3, 0.4) is 0 Å².